The van der Waals surface area contributed by atoms with E-state index in [0.29, 0.717) is 65.6 Å². The number of aryl methyl sites for hydroxylation is 2. The van der Waals surface area contributed by atoms with Gasteiger partial charge in [0, 0.05) is 18.9 Å². The van der Waals surface area contributed by atoms with Crippen LogP contribution < -0.4 is 19.6 Å². The maximum atomic E-state index is 13.5. The highest BCUT2D eigenvalue weighted by atomic mass is 16.6. The zero-order chi connectivity index (χ0) is 21.3. The Kier molecular flexibility index (Phi) is 5.48. The average molecular weight is 408 g/mol. The molecule has 6 nitrogen and oxygen atoms in total. The summed E-state index contributed by atoms with van der Waals surface area (Å²) in [5.74, 6) is 1.98. The molecule has 2 aromatic carbocycles. The van der Waals surface area contributed by atoms with Crippen molar-refractivity contribution in [1.82, 2.24) is 0 Å². The van der Waals surface area contributed by atoms with Crippen molar-refractivity contribution in [2.45, 2.75) is 40.0 Å². The van der Waals surface area contributed by atoms with Crippen LogP contribution in [0.2, 0.25) is 0 Å². The van der Waals surface area contributed by atoms with Gasteiger partial charge in [0.25, 0.3) is 0 Å². The van der Waals surface area contributed by atoms with E-state index >= 15 is 0 Å². The van der Waals surface area contributed by atoms with Crippen LogP contribution in [0.1, 0.15) is 38.5 Å². The SMILES string of the molecule is CCC(=O)Oc1cc2oc(CC)c(-c3ccc4c(c3)OCCO4)c(=O)c2cc1CC. The minimum absolute atomic E-state index is 0.118. The molecule has 2 heterocycles. The average Bonchev–Trinajstić information content (AvgIpc) is 2.78. The van der Waals surface area contributed by atoms with E-state index in [4.69, 9.17) is 18.6 Å². The summed E-state index contributed by atoms with van der Waals surface area (Å²) in [6.07, 6.45) is 1.43. The molecule has 1 aromatic heterocycles. The molecule has 0 radical (unpaired) electrons. The van der Waals surface area contributed by atoms with Crippen LogP contribution in [0.3, 0.4) is 0 Å². The van der Waals surface area contributed by atoms with Crippen molar-refractivity contribution in [1.29, 1.82) is 0 Å². The molecule has 0 unspecified atom stereocenters. The smallest absolute Gasteiger partial charge is 0.310 e. The quantitative estimate of drug-likeness (QED) is 0.451. The van der Waals surface area contributed by atoms with E-state index in [2.05, 4.69) is 0 Å². The summed E-state index contributed by atoms with van der Waals surface area (Å²) in [4.78, 5) is 25.3. The Labute approximate surface area is 174 Å². The number of carbonyl (C=O) groups excluding carboxylic acids is 1. The molecule has 0 saturated carbocycles. The predicted molar refractivity (Wildman–Crippen MR) is 114 cm³/mol. The van der Waals surface area contributed by atoms with Crippen molar-refractivity contribution >= 4 is 16.9 Å². The van der Waals surface area contributed by atoms with Gasteiger partial charge in [-0.25, -0.2) is 0 Å². The number of hydrogen-bond acceptors (Lipinski definition) is 6. The summed E-state index contributed by atoms with van der Waals surface area (Å²) >= 11 is 0. The number of benzene rings is 2. The number of fused-ring (bicyclic) bond motifs is 2. The van der Waals surface area contributed by atoms with E-state index in [1.165, 1.54) is 0 Å². The van der Waals surface area contributed by atoms with E-state index in [9.17, 15) is 9.59 Å². The zero-order valence-corrected chi connectivity index (χ0v) is 17.4. The van der Waals surface area contributed by atoms with Crippen molar-refractivity contribution in [3.63, 3.8) is 0 Å². The van der Waals surface area contributed by atoms with Gasteiger partial charge in [-0.05, 0) is 35.7 Å². The Balaban J connectivity index is 1.91. The fourth-order valence-corrected chi connectivity index (χ4v) is 3.62. The van der Waals surface area contributed by atoms with Gasteiger partial charge in [-0.1, -0.05) is 26.8 Å². The third-order valence-electron chi connectivity index (χ3n) is 5.19. The van der Waals surface area contributed by atoms with Crippen LogP contribution in [0.4, 0.5) is 0 Å². The van der Waals surface area contributed by atoms with Gasteiger partial charge < -0.3 is 18.6 Å². The highest BCUT2D eigenvalue weighted by Crippen LogP contribution is 2.36. The van der Waals surface area contributed by atoms with Gasteiger partial charge in [-0.15, -0.1) is 0 Å². The Bertz CT molecular complexity index is 1170. The highest BCUT2D eigenvalue weighted by molar-refractivity contribution is 5.86. The molecule has 6 heteroatoms. The third-order valence-corrected chi connectivity index (χ3v) is 5.19. The van der Waals surface area contributed by atoms with Crippen LogP contribution >= 0.6 is 0 Å². The first-order valence-electron chi connectivity index (χ1n) is 10.3. The van der Waals surface area contributed by atoms with E-state index in [0.717, 1.165) is 11.1 Å². The first-order valence-corrected chi connectivity index (χ1v) is 10.3. The summed E-state index contributed by atoms with van der Waals surface area (Å²) in [5.41, 5.74) is 2.32. The van der Waals surface area contributed by atoms with Crippen molar-refractivity contribution in [2.24, 2.45) is 0 Å². The molecule has 0 aliphatic carbocycles. The Morgan fingerprint density at radius 1 is 1.00 bits per heavy atom. The third kappa shape index (κ3) is 3.54. The largest absolute Gasteiger partial charge is 0.486 e. The van der Waals surface area contributed by atoms with Gasteiger partial charge in [0.15, 0.2) is 11.5 Å². The molecule has 0 fully saturated rings. The van der Waals surface area contributed by atoms with Crippen LogP contribution in [0.25, 0.3) is 22.1 Å². The number of hydrogen-bond donors (Lipinski definition) is 0. The summed E-state index contributed by atoms with van der Waals surface area (Å²) in [5, 5.41) is 0.463. The second-order valence-corrected chi connectivity index (χ2v) is 7.08. The van der Waals surface area contributed by atoms with Crippen molar-refractivity contribution in [2.75, 3.05) is 13.2 Å². The maximum Gasteiger partial charge on any atom is 0.310 e. The van der Waals surface area contributed by atoms with Crippen molar-refractivity contribution < 1.29 is 23.4 Å². The first kappa shape index (κ1) is 20.0. The number of esters is 1. The standard InChI is InChI=1S/C24H24O6/c1-4-14-11-16-20(13-19(14)30-22(25)6-3)29-17(5-2)23(24(16)26)15-7-8-18-21(12-15)28-10-9-27-18/h7-8,11-13H,4-6,9-10H2,1-3H3. The molecular formula is C24H24O6. The van der Waals surface area contributed by atoms with Gasteiger partial charge >= 0.3 is 5.97 Å². The molecule has 156 valence electrons. The molecule has 0 saturated heterocycles. The molecule has 0 amide bonds. The summed E-state index contributed by atoms with van der Waals surface area (Å²) in [6, 6.07) is 8.90. The van der Waals surface area contributed by atoms with Gasteiger partial charge in [0.2, 0.25) is 5.43 Å². The Morgan fingerprint density at radius 3 is 2.47 bits per heavy atom. The Hall–Kier alpha value is -3.28. The summed E-state index contributed by atoms with van der Waals surface area (Å²) in [7, 11) is 0. The summed E-state index contributed by atoms with van der Waals surface area (Å²) in [6.45, 7) is 6.61. The van der Waals surface area contributed by atoms with E-state index in [-0.39, 0.29) is 17.8 Å². The molecule has 0 atom stereocenters. The molecule has 1 aliphatic heterocycles. The van der Waals surface area contributed by atoms with E-state index in [1.807, 2.05) is 32.0 Å². The minimum atomic E-state index is -0.324. The molecular weight excluding hydrogens is 384 g/mol. The van der Waals surface area contributed by atoms with Crippen LogP contribution in [0.15, 0.2) is 39.5 Å². The maximum absolute atomic E-state index is 13.5. The topological polar surface area (TPSA) is 75.0 Å². The predicted octanol–water partition coefficient (Wildman–Crippen LogP) is 4.67. The number of ether oxygens (including phenoxy) is 3. The second kappa shape index (κ2) is 8.22. The molecule has 3 aromatic rings. The molecule has 0 N–H and O–H groups in total. The van der Waals surface area contributed by atoms with Crippen molar-refractivity contribution in [3.8, 4) is 28.4 Å². The minimum Gasteiger partial charge on any atom is -0.486 e. The number of carbonyl (C=O) groups is 1. The molecule has 4 rings (SSSR count). The molecule has 1 aliphatic rings. The van der Waals surface area contributed by atoms with Crippen LogP contribution in [-0.2, 0) is 17.6 Å². The molecule has 0 spiro atoms. The van der Waals surface area contributed by atoms with Crippen LogP contribution in [0, 0.1) is 0 Å². The summed E-state index contributed by atoms with van der Waals surface area (Å²) < 4.78 is 22.8. The zero-order valence-electron chi connectivity index (χ0n) is 17.4. The van der Waals surface area contributed by atoms with Crippen LogP contribution in [-0.4, -0.2) is 19.2 Å². The Morgan fingerprint density at radius 2 is 1.77 bits per heavy atom. The lowest BCUT2D eigenvalue weighted by Gasteiger charge is -2.19. The monoisotopic (exact) mass is 408 g/mol. The fraction of sp³-hybridized carbons (Fsp3) is 0.333. The highest BCUT2D eigenvalue weighted by Gasteiger charge is 2.20. The molecule has 0 bridgehead atoms. The van der Waals surface area contributed by atoms with Crippen LogP contribution in [0.5, 0.6) is 17.2 Å². The van der Waals surface area contributed by atoms with Crippen molar-refractivity contribution in [3.05, 3.63) is 51.9 Å². The van der Waals surface area contributed by atoms with E-state index < -0.39 is 0 Å². The number of rotatable bonds is 5. The lowest BCUT2D eigenvalue weighted by atomic mass is 9.99. The van der Waals surface area contributed by atoms with E-state index in [1.54, 1.807) is 19.1 Å². The van der Waals surface area contributed by atoms with Gasteiger partial charge in [0.1, 0.15) is 30.3 Å². The second-order valence-electron chi connectivity index (χ2n) is 7.08. The van der Waals surface area contributed by atoms with Gasteiger partial charge in [-0.3, -0.25) is 9.59 Å². The normalized spacial score (nSPS) is 12.8. The lowest BCUT2D eigenvalue weighted by Crippen LogP contribution is -2.16. The fourth-order valence-electron chi connectivity index (χ4n) is 3.62. The van der Waals surface area contributed by atoms with Gasteiger partial charge in [-0.2, -0.15) is 0 Å². The first-order chi connectivity index (χ1) is 14.5. The molecule has 30 heavy (non-hydrogen) atoms. The lowest BCUT2D eigenvalue weighted by molar-refractivity contribution is -0.134. The van der Waals surface area contributed by atoms with Gasteiger partial charge in [0.05, 0.1) is 10.9 Å².